The summed E-state index contributed by atoms with van der Waals surface area (Å²) in [5, 5.41) is 9.95. The van der Waals surface area contributed by atoms with Crippen LogP contribution in [0.5, 0.6) is 0 Å². The van der Waals surface area contributed by atoms with Crippen LogP contribution in [-0.2, 0) is 0 Å². The number of hydrogen-bond acceptors (Lipinski definition) is 1. The molecule has 0 heterocycles. The van der Waals surface area contributed by atoms with Gasteiger partial charge < -0.3 is 4.90 Å². The predicted molar refractivity (Wildman–Crippen MR) is 253 cm³/mol. The molecule has 0 aliphatic carbocycles. The molecule has 0 fully saturated rings. The van der Waals surface area contributed by atoms with Gasteiger partial charge in [-0.2, -0.15) is 0 Å². The molecule has 276 valence electrons. The first-order chi connectivity index (χ1) is 29.3. The Balaban J connectivity index is 1.18. The van der Waals surface area contributed by atoms with Crippen molar-refractivity contribution in [3.05, 3.63) is 237 Å². The Morgan fingerprint density at radius 1 is 0.203 bits per heavy atom. The molecule has 0 aromatic heterocycles. The lowest BCUT2D eigenvalue weighted by atomic mass is 9.87. The Morgan fingerprint density at radius 2 is 0.695 bits per heavy atom. The number of anilines is 3. The van der Waals surface area contributed by atoms with E-state index in [1.165, 1.54) is 87.6 Å². The number of fused-ring (bicyclic) bond motifs is 5. The molecule has 0 saturated heterocycles. The highest BCUT2D eigenvalue weighted by Gasteiger charge is 2.20. The van der Waals surface area contributed by atoms with Gasteiger partial charge in [0.15, 0.2) is 0 Å². The lowest BCUT2D eigenvalue weighted by Gasteiger charge is -2.28. The van der Waals surface area contributed by atoms with Crippen molar-refractivity contribution >= 4 is 60.2 Å². The second-order valence-electron chi connectivity index (χ2n) is 15.3. The first-order valence-electron chi connectivity index (χ1n) is 20.3. The molecule has 0 aliphatic rings. The molecular formula is C58H39N. The summed E-state index contributed by atoms with van der Waals surface area (Å²) < 4.78 is 0. The molecule has 0 saturated carbocycles. The second-order valence-corrected chi connectivity index (χ2v) is 15.3. The molecule has 0 aliphatic heterocycles. The van der Waals surface area contributed by atoms with Crippen LogP contribution in [0.3, 0.4) is 0 Å². The summed E-state index contributed by atoms with van der Waals surface area (Å²) in [6.45, 7) is 0. The van der Waals surface area contributed by atoms with Crippen LogP contribution < -0.4 is 4.90 Å². The summed E-state index contributed by atoms with van der Waals surface area (Å²) in [6, 6.07) is 86.4. The third-order valence-corrected chi connectivity index (χ3v) is 11.8. The zero-order chi connectivity index (χ0) is 39.1. The van der Waals surface area contributed by atoms with Gasteiger partial charge >= 0.3 is 0 Å². The molecule has 59 heavy (non-hydrogen) atoms. The lowest BCUT2D eigenvalue weighted by Crippen LogP contribution is -2.10. The van der Waals surface area contributed by atoms with Gasteiger partial charge in [-0.25, -0.2) is 0 Å². The predicted octanol–water partition coefficient (Wildman–Crippen LogP) is 16.4. The summed E-state index contributed by atoms with van der Waals surface area (Å²) >= 11 is 0. The molecule has 0 atom stereocenters. The van der Waals surface area contributed by atoms with E-state index in [1.807, 2.05) is 0 Å². The van der Waals surface area contributed by atoms with E-state index in [4.69, 9.17) is 0 Å². The quantitative estimate of drug-likeness (QED) is 0.147. The third-order valence-electron chi connectivity index (χ3n) is 11.8. The fraction of sp³-hybridized carbons (Fsp3) is 0. The van der Waals surface area contributed by atoms with Crippen LogP contribution in [0, 0.1) is 0 Å². The van der Waals surface area contributed by atoms with Gasteiger partial charge in [0.1, 0.15) is 0 Å². The number of rotatable bonds is 7. The van der Waals surface area contributed by atoms with Gasteiger partial charge in [0.25, 0.3) is 0 Å². The lowest BCUT2D eigenvalue weighted by molar-refractivity contribution is 1.28. The summed E-state index contributed by atoms with van der Waals surface area (Å²) in [7, 11) is 0. The number of hydrogen-bond donors (Lipinski definition) is 0. The smallest absolute Gasteiger partial charge is 0.0468 e. The summed E-state index contributed by atoms with van der Waals surface area (Å²) in [5.74, 6) is 0. The van der Waals surface area contributed by atoms with E-state index in [2.05, 4.69) is 241 Å². The molecule has 11 aromatic rings. The summed E-state index contributed by atoms with van der Waals surface area (Å²) in [5.41, 5.74) is 12.9. The fourth-order valence-corrected chi connectivity index (χ4v) is 9.06. The van der Waals surface area contributed by atoms with E-state index in [1.54, 1.807) is 0 Å². The molecule has 11 aromatic carbocycles. The molecule has 0 N–H and O–H groups in total. The van der Waals surface area contributed by atoms with Crippen molar-refractivity contribution < 1.29 is 0 Å². The fourth-order valence-electron chi connectivity index (χ4n) is 9.06. The third kappa shape index (κ3) is 6.21. The first kappa shape index (κ1) is 34.5. The zero-order valence-electron chi connectivity index (χ0n) is 32.5. The molecule has 0 bridgehead atoms. The minimum Gasteiger partial charge on any atom is -0.310 e. The largest absolute Gasteiger partial charge is 0.310 e. The van der Waals surface area contributed by atoms with Gasteiger partial charge in [0.05, 0.1) is 0 Å². The Bertz CT molecular complexity index is 3330. The molecule has 0 amide bonds. The molecule has 1 nitrogen and oxygen atoms in total. The average Bonchev–Trinajstić information content (AvgIpc) is 3.31. The van der Waals surface area contributed by atoms with Crippen LogP contribution in [0.4, 0.5) is 17.1 Å². The van der Waals surface area contributed by atoms with Crippen molar-refractivity contribution in [3.63, 3.8) is 0 Å². The Morgan fingerprint density at radius 3 is 1.42 bits per heavy atom. The van der Waals surface area contributed by atoms with Gasteiger partial charge in [-0.3, -0.25) is 0 Å². The van der Waals surface area contributed by atoms with Gasteiger partial charge in [-0.1, -0.05) is 194 Å². The van der Waals surface area contributed by atoms with E-state index in [9.17, 15) is 0 Å². The summed E-state index contributed by atoms with van der Waals surface area (Å²) in [6.07, 6.45) is 0. The SMILES string of the molecule is c1ccc(-c2cccc(N(c3cccc(-c4cccc5ccccc45)c3)c3ccc(-c4cc5ccccc5c5ccccc45)c(-c4cccc5ccccc45)c3)c2)cc1. The van der Waals surface area contributed by atoms with Crippen molar-refractivity contribution in [3.8, 4) is 44.5 Å². The molecular weight excluding hydrogens is 711 g/mol. The van der Waals surface area contributed by atoms with Crippen LogP contribution in [0.2, 0.25) is 0 Å². The van der Waals surface area contributed by atoms with E-state index in [0.717, 1.165) is 17.1 Å². The zero-order valence-corrected chi connectivity index (χ0v) is 32.5. The van der Waals surface area contributed by atoms with Crippen molar-refractivity contribution in [2.75, 3.05) is 4.90 Å². The molecule has 0 unspecified atom stereocenters. The number of nitrogens with zero attached hydrogens (tertiary/aromatic N) is 1. The maximum Gasteiger partial charge on any atom is 0.0468 e. The van der Waals surface area contributed by atoms with E-state index in [-0.39, 0.29) is 0 Å². The van der Waals surface area contributed by atoms with Crippen LogP contribution in [-0.4, -0.2) is 0 Å². The molecule has 1 heteroatoms. The van der Waals surface area contributed by atoms with Gasteiger partial charge in [-0.05, 0) is 130 Å². The topological polar surface area (TPSA) is 3.24 Å². The minimum atomic E-state index is 1.09. The van der Waals surface area contributed by atoms with E-state index < -0.39 is 0 Å². The van der Waals surface area contributed by atoms with Gasteiger partial charge in [0, 0.05) is 17.1 Å². The Labute approximate surface area is 344 Å². The van der Waals surface area contributed by atoms with Crippen LogP contribution in [0.25, 0.3) is 87.6 Å². The Kier molecular flexibility index (Phi) is 8.56. The average molecular weight is 750 g/mol. The van der Waals surface area contributed by atoms with E-state index in [0.29, 0.717) is 0 Å². The standard InChI is InChI=1S/C58H39N/c1-2-16-40(17-3-1)43-23-12-25-46(36-43)59(47-26-13-24-44(37-47)51-32-14-21-41-18-4-7-27-49(41)51)48-34-35-56(58(39-48)54-33-15-22-42-19-5-8-28-50(42)54)57-38-45-20-6-9-29-52(45)53-30-10-11-31-55(53)57/h1-39H. The monoisotopic (exact) mass is 749 g/mol. The molecule has 0 spiro atoms. The van der Waals surface area contributed by atoms with Crippen molar-refractivity contribution in [2.24, 2.45) is 0 Å². The second kappa shape index (κ2) is 14.6. The minimum absolute atomic E-state index is 1.09. The highest BCUT2D eigenvalue weighted by molar-refractivity contribution is 6.15. The maximum atomic E-state index is 2.43. The molecule has 11 rings (SSSR count). The normalized spacial score (nSPS) is 11.4. The first-order valence-corrected chi connectivity index (χ1v) is 20.3. The van der Waals surface area contributed by atoms with Gasteiger partial charge in [0.2, 0.25) is 0 Å². The summed E-state index contributed by atoms with van der Waals surface area (Å²) in [4.78, 5) is 2.43. The highest BCUT2D eigenvalue weighted by atomic mass is 15.1. The Hall–Kier alpha value is -7.74. The van der Waals surface area contributed by atoms with Crippen molar-refractivity contribution in [2.45, 2.75) is 0 Å². The number of benzene rings is 11. The van der Waals surface area contributed by atoms with Crippen molar-refractivity contribution in [1.29, 1.82) is 0 Å². The maximum absolute atomic E-state index is 2.43. The van der Waals surface area contributed by atoms with E-state index >= 15 is 0 Å². The molecule has 0 radical (unpaired) electrons. The van der Waals surface area contributed by atoms with Crippen molar-refractivity contribution in [1.82, 2.24) is 0 Å². The van der Waals surface area contributed by atoms with Crippen LogP contribution >= 0.6 is 0 Å². The van der Waals surface area contributed by atoms with Gasteiger partial charge in [-0.15, -0.1) is 0 Å². The van der Waals surface area contributed by atoms with Crippen LogP contribution in [0.1, 0.15) is 0 Å². The van der Waals surface area contributed by atoms with Crippen LogP contribution in [0.15, 0.2) is 237 Å². The highest BCUT2D eigenvalue weighted by Crippen LogP contribution is 2.46.